The highest BCUT2D eigenvalue weighted by Crippen LogP contribution is 2.20. The molecule has 0 saturated heterocycles. The van der Waals surface area contributed by atoms with E-state index in [4.69, 9.17) is 4.84 Å². The van der Waals surface area contributed by atoms with Gasteiger partial charge in [-0.1, -0.05) is 19.0 Å². The molecule has 1 atom stereocenters. The van der Waals surface area contributed by atoms with Gasteiger partial charge >= 0.3 is 5.97 Å². The summed E-state index contributed by atoms with van der Waals surface area (Å²) in [6, 6.07) is 0. The van der Waals surface area contributed by atoms with Crippen LogP contribution in [0.3, 0.4) is 0 Å². The van der Waals surface area contributed by atoms with E-state index in [0.717, 1.165) is 18.6 Å². The van der Waals surface area contributed by atoms with Crippen LogP contribution in [-0.2, 0) is 14.4 Å². The van der Waals surface area contributed by atoms with Crippen molar-refractivity contribution >= 4 is 11.7 Å². The number of esters is 1. The second-order valence-corrected chi connectivity index (χ2v) is 4.29. The number of oxime groups is 1. The molecule has 0 amide bonds. The minimum absolute atomic E-state index is 0.190. The minimum atomic E-state index is -0.190. The molecule has 0 radical (unpaired) electrons. The van der Waals surface area contributed by atoms with E-state index in [1.807, 2.05) is 0 Å². The average Bonchev–Trinajstić information content (AvgIpc) is 2.61. The predicted octanol–water partition coefficient (Wildman–Crippen LogP) is 2.13. The Balaban J connectivity index is 2.21. The zero-order chi connectivity index (χ0) is 11.3. The molecule has 0 bridgehead atoms. The number of nitrogens with zero attached hydrogens (tertiary/aromatic N) is 1. The fourth-order valence-electron chi connectivity index (χ4n) is 1.63. The van der Waals surface area contributed by atoms with Crippen molar-refractivity contribution in [1.82, 2.24) is 0 Å². The van der Waals surface area contributed by atoms with Gasteiger partial charge in [0.2, 0.25) is 0 Å². The predicted molar refractivity (Wildman–Crippen MR) is 57.6 cm³/mol. The van der Waals surface area contributed by atoms with Crippen LogP contribution in [-0.4, -0.2) is 24.9 Å². The largest absolute Gasteiger partial charge is 0.469 e. The highest BCUT2D eigenvalue weighted by Gasteiger charge is 2.22. The monoisotopic (exact) mass is 213 g/mol. The Labute approximate surface area is 90.6 Å². The maximum atomic E-state index is 10.9. The summed E-state index contributed by atoms with van der Waals surface area (Å²) in [7, 11) is 1.40. The van der Waals surface area contributed by atoms with Gasteiger partial charge in [-0.15, -0.1) is 0 Å². The van der Waals surface area contributed by atoms with Gasteiger partial charge in [0.1, 0.15) is 6.10 Å². The molecule has 0 aliphatic carbocycles. The molecule has 0 spiro atoms. The van der Waals surface area contributed by atoms with Crippen LogP contribution in [0.25, 0.3) is 0 Å². The molecule has 1 rings (SSSR count). The number of ether oxygens (including phenoxy) is 1. The molecule has 0 aromatic heterocycles. The van der Waals surface area contributed by atoms with Crippen LogP contribution in [0.2, 0.25) is 0 Å². The summed E-state index contributed by atoms with van der Waals surface area (Å²) < 4.78 is 4.57. The van der Waals surface area contributed by atoms with Crippen LogP contribution < -0.4 is 0 Å². The van der Waals surface area contributed by atoms with Gasteiger partial charge < -0.3 is 9.57 Å². The Hall–Kier alpha value is -1.06. The van der Waals surface area contributed by atoms with Crippen molar-refractivity contribution in [2.45, 2.75) is 45.6 Å². The number of carbonyl (C=O) groups excluding carboxylic acids is 1. The number of carbonyl (C=O) groups is 1. The van der Waals surface area contributed by atoms with Gasteiger partial charge in [-0.25, -0.2) is 0 Å². The molecule has 4 nitrogen and oxygen atoms in total. The van der Waals surface area contributed by atoms with E-state index in [-0.39, 0.29) is 12.1 Å². The number of rotatable bonds is 5. The van der Waals surface area contributed by atoms with Gasteiger partial charge in [-0.3, -0.25) is 4.79 Å². The minimum Gasteiger partial charge on any atom is -0.469 e. The standard InChI is InChI=1S/C11H19NO3/c1-8(2)6-10-7-9(12-15-10)4-5-11(13)14-3/h8,10H,4-7H2,1-3H3. The molecule has 1 unspecified atom stereocenters. The van der Waals surface area contributed by atoms with Crippen LogP contribution in [0.4, 0.5) is 0 Å². The topological polar surface area (TPSA) is 47.9 Å². The first-order valence-corrected chi connectivity index (χ1v) is 5.40. The van der Waals surface area contributed by atoms with E-state index >= 15 is 0 Å². The summed E-state index contributed by atoms with van der Waals surface area (Å²) in [6.45, 7) is 4.33. The van der Waals surface area contributed by atoms with E-state index in [2.05, 4.69) is 23.7 Å². The van der Waals surface area contributed by atoms with Crippen molar-refractivity contribution in [1.29, 1.82) is 0 Å². The van der Waals surface area contributed by atoms with Gasteiger partial charge in [-0.2, -0.15) is 0 Å². The maximum absolute atomic E-state index is 10.9. The molecule has 1 aliphatic heterocycles. The molecule has 0 saturated carbocycles. The summed E-state index contributed by atoms with van der Waals surface area (Å²) in [5.41, 5.74) is 0.978. The smallest absolute Gasteiger partial charge is 0.305 e. The molecule has 15 heavy (non-hydrogen) atoms. The molecule has 1 heterocycles. The van der Waals surface area contributed by atoms with E-state index in [9.17, 15) is 4.79 Å². The van der Waals surface area contributed by atoms with Gasteiger partial charge in [0.05, 0.1) is 19.2 Å². The average molecular weight is 213 g/mol. The quantitative estimate of drug-likeness (QED) is 0.657. The lowest BCUT2D eigenvalue weighted by Gasteiger charge is -2.09. The zero-order valence-electron chi connectivity index (χ0n) is 9.66. The van der Waals surface area contributed by atoms with Crippen LogP contribution in [0.1, 0.15) is 39.5 Å². The van der Waals surface area contributed by atoms with Gasteiger partial charge in [0, 0.05) is 6.42 Å². The van der Waals surface area contributed by atoms with Crippen molar-refractivity contribution in [3.8, 4) is 0 Å². The Morgan fingerprint density at radius 3 is 3.00 bits per heavy atom. The summed E-state index contributed by atoms with van der Waals surface area (Å²) in [4.78, 5) is 16.2. The zero-order valence-corrected chi connectivity index (χ0v) is 9.66. The number of hydrogen-bond acceptors (Lipinski definition) is 4. The Morgan fingerprint density at radius 2 is 2.40 bits per heavy atom. The summed E-state index contributed by atoms with van der Waals surface area (Å²) in [6.07, 6.45) is 3.13. The third-order valence-electron chi connectivity index (χ3n) is 2.37. The van der Waals surface area contributed by atoms with Crippen molar-refractivity contribution < 1.29 is 14.4 Å². The Bertz CT molecular complexity index is 248. The van der Waals surface area contributed by atoms with Crippen molar-refractivity contribution in [3.63, 3.8) is 0 Å². The lowest BCUT2D eigenvalue weighted by molar-refractivity contribution is -0.140. The highest BCUT2D eigenvalue weighted by atomic mass is 16.6. The van der Waals surface area contributed by atoms with E-state index < -0.39 is 0 Å². The van der Waals surface area contributed by atoms with Crippen molar-refractivity contribution in [2.24, 2.45) is 11.1 Å². The molecule has 0 aromatic carbocycles. The lowest BCUT2D eigenvalue weighted by Crippen LogP contribution is -2.11. The van der Waals surface area contributed by atoms with Crippen LogP contribution in [0.15, 0.2) is 5.16 Å². The normalized spacial score (nSPS) is 20.0. The van der Waals surface area contributed by atoms with E-state index in [0.29, 0.717) is 18.8 Å². The Kier molecular flexibility index (Phi) is 4.59. The second-order valence-electron chi connectivity index (χ2n) is 4.29. The lowest BCUT2D eigenvalue weighted by atomic mass is 10.0. The summed E-state index contributed by atoms with van der Waals surface area (Å²) >= 11 is 0. The highest BCUT2D eigenvalue weighted by molar-refractivity contribution is 5.88. The number of methoxy groups -OCH3 is 1. The molecular formula is C11H19NO3. The van der Waals surface area contributed by atoms with Gasteiger partial charge in [0.15, 0.2) is 0 Å². The SMILES string of the molecule is COC(=O)CCC1=NOC(CC(C)C)C1. The van der Waals surface area contributed by atoms with E-state index in [1.54, 1.807) is 0 Å². The third-order valence-corrected chi connectivity index (χ3v) is 2.37. The summed E-state index contributed by atoms with van der Waals surface area (Å²) in [5, 5.41) is 3.99. The van der Waals surface area contributed by atoms with Crippen LogP contribution >= 0.6 is 0 Å². The summed E-state index contributed by atoms with van der Waals surface area (Å²) in [5.74, 6) is 0.426. The maximum Gasteiger partial charge on any atom is 0.305 e. The van der Waals surface area contributed by atoms with Crippen molar-refractivity contribution in [3.05, 3.63) is 0 Å². The molecule has 1 aliphatic rings. The third kappa shape index (κ3) is 4.32. The first kappa shape index (κ1) is 12.0. The second kappa shape index (κ2) is 5.73. The molecule has 0 fully saturated rings. The van der Waals surface area contributed by atoms with Crippen LogP contribution in [0, 0.1) is 5.92 Å². The first-order valence-electron chi connectivity index (χ1n) is 5.40. The van der Waals surface area contributed by atoms with Gasteiger partial charge in [0.25, 0.3) is 0 Å². The molecule has 0 aromatic rings. The Morgan fingerprint density at radius 1 is 1.67 bits per heavy atom. The van der Waals surface area contributed by atoms with Crippen LogP contribution in [0.5, 0.6) is 0 Å². The van der Waals surface area contributed by atoms with Gasteiger partial charge in [-0.05, 0) is 18.8 Å². The molecule has 0 N–H and O–H groups in total. The van der Waals surface area contributed by atoms with Crippen molar-refractivity contribution in [2.75, 3.05) is 7.11 Å². The first-order chi connectivity index (χ1) is 7.11. The number of hydrogen-bond donors (Lipinski definition) is 0. The fraction of sp³-hybridized carbons (Fsp3) is 0.818. The molecule has 86 valence electrons. The fourth-order valence-corrected chi connectivity index (χ4v) is 1.63. The molecular weight excluding hydrogens is 194 g/mol. The van der Waals surface area contributed by atoms with E-state index in [1.165, 1.54) is 7.11 Å². The molecule has 4 heteroatoms.